The molecule has 172 valence electrons. The summed E-state index contributed by atoms with van der Waals surface area (Å²) in [6.45, 7) is 4.10. The SMILES string of the molecule is CC1=C(CC(=O)N[C@H](C)C2CCC(C#N)CN2)C(=O)NC2CCC(OC(F)(F)F)NC12. The molecule has 11 heteroatoms. The minimum atomic E-state index is -4.75. The molecule has 0 aromatic rings. The monoisotopic (exact) mass is 443 g/mol. The van der Waals surface area contributed by atoms with Gasteiger partial charge in [-0.25, -0.2) is 0 Å². The summed E-state index contributed by atoms with van der Waals surface area (Å²) >= 11 is 0. The highest BCUT2D eigenvalue weighted by molar-refractivity contribution is 6.00. The van der Waals surface area contributed by atoms with Gasteiger partial charge in [0, 0.05) is 30.2 Å². The molecule has 2 fully saturated rings. The number of nitrogens with one attached hydrogen (secondary N) is 4. The minimum Gasteiger partial charge on any atom is -0.352 e. The molecular formula is C20H28F3N5O3. The predicted octanol–water partition coefficient (Wildman–Crippen LogP) is 1.20. The van der Waals surface area contributed by atoms with Crippen LogP contribution in [0.1, 0.15) is 46.0 Å². The number of amides is 2. The summed E-state index contributed by atoms with van der Waals surface area (Å²) in [5, 5.41) is 20.7. The van der Waals surface area contributed by atoms with Crippen molar-refractivity contribution in [2.24, 2.45) is 5.92 Å². The molecular weight excluding hydrogens is 415 g/mol. The van der Waals surface area contributed by atoms with Crippen molar-refractivity contribution in [3.8, 4) is 6.07 Å². The lowest BCUT2D eigenvalue weighted by Gasteiger charge is -2.42. The number of alkyl halides is 3. The number of carbonyl (C=O) groups excluding carboxylic acids is 2. The molecule has 3 rings (SSSR count). The fraction of sp³-hybridized carbons (Fsp3) is 0.750. The zero-order valence-corrected chi connectivity index (χ0v) is 17.5. The van der Waals surface area contributed by atoms with E-state index in [9.17, 15) is 22.8 Å². The first-order chi connectivity index (χ1) is 14.6. The number of carbonyl (C=O) groups is 2. The van der Waals surface area contributed by atoms with Crippen molar-refractivity contribution in [2.45, 2.75) is 82.7 Å². The second-order valence-electron chi connectivity index (χ2n) is 8.47. The molecule has 31 heavy (non-hydrogen) atoms. The Hall–Kier alpha value is -2.16. The summed E-state index contributed by atoms with van der Waals surface area (Å²) in [5.41, 5.74) is 0.812. The van der Waals surface area contributed by atoms with E-state index >= 15 is 0 Å². The van der Waals surface area contributed by atoms with E-state index in [1.165, 1.54) is 0 Å². The Morgan fingerprint density at radius 3 is 2.68 bits per heavy atom. The number of halogens is 3. The molecule has 3 aliphatic rings. The molecule has 2 amide bonds. The lowest BCUT2D eigenvalue weighted by atomic mass is 9.84. The maximum absolute atomic E-state index is 12.6. The fourth-order valence-electron chi connectivity index (χ4n) is 4.56. The van der Waals surface area contributed by atoms with Gasteiger partial charge in [0.15, 0.2) is 0 Å². The second kappa shape index (κ2) is 9.54. The predicted molar refractivity (Wildman–Crippen MR) is 104 cm³/mol. The van der Waals surface area contributed by atoms with Gasteiger partial charge >= 0.3 is 6.36 Å². The average Bonchev–Trinajstić information content (AvgIpc) is 2.70. The van der Waals surface area contributed by atoms with Gasteiger partial charge in [0.1, 0.15) is 6.23 Å². The molecule has 6 atom stereocenters. The lowest BCUT2D eigenvalue weighted by molar-refractivity contribution is -0.349. The van der Waals surface area contributed by atoms with Crippen LogP contribution >= 0.6 is 0 Å². The summed E-state index contributed by atoms with van der Waals surface area (Å²) in [5.74, 6) is -0.733. The Morgan fingerprint density at radius 2 is 2.06 bits per heavy atom. The maximum atomic E-state index is 12.6. The average molecular weight is 443 g/mol. The highest BCUT2D eigenvalue weighted by Crippen LogP contribution is 2.30. The maximum Gasteiger partial charge on any atom is 0.524 e. The zero-order chi connectivity index (χ0) is 22.8. The standard InChI is InChI=1S/C20H28F3N5O3/c1-10-13(7-16(29)26-11(2)14-4-3-12(8-24)9-25-14)19(30)27-15-5-6-17(28-18(10)15)31-20(21,22)23/h11-12,14-15,17-18,25,28H,3-7,9H2,1-2H3,(H,26,29)(H,27,30)/t11-,12?,14?,15?,17?,18?/m1/s1. The molecule has 0 radical (unpaired) electrons. The van der Waals surface area contributed by atoms with Crippen LogP contribution in [0.5, 0.6) is 0 Å². The highest BCUT2D eigenvalue weighted by atomic mass is 19.4. The van der Waals surface area contributed by atoms with Crippen LogP contribution in [0.2, 0.25) is 0 Å². The van der Waals surface area contributed by atoms with Gasteiger partial charge in [-0.3, -0.25) is 19.6 Å². The van der Waals surface area contributed by atoms with Crippen LogP contribution < -0.4 is 21.3 Å². The third-order valence-corrected chi connectivity index (χ3v) is 6.28. The van der Waals surface area contributed by atoms with E-state index in [4.69, 9.17) is 5.26 Å². The third-order valence-electron chi connectivity index (χ3n) is 6.28. The van der Waals surface area contributed by atoms with E-state index in [2.05, 4.69) is 32.1 Å². The molecule has 0 bridgehead atoms. The van der Waals surface area contributed by atoms with Crippen LogP contribution in [-0.2, 0) is 14.3 Å². The molecule has 3 heterocycles. The molecule has 8 nitrogen and oxygen atoms in total. The van der Waals surface area contributed by atoms with Crippen LogP contribution in [0.25, 0.3) is 0 Å². The zero-order valence-electron chi connectivity index (χ0n) is 17.5. The van der Waals surface area contributed by atoms with E-state index in [-0.39, 0.29) is 54.3 Å². The van der Waals surface area contributed by atoms with Gasteiger partial charge < -0.3 is 16.0 Å². The number of piperidine rings is 2. The van der Waals surface area contributed by atoms with Gasteiger partial charge in [0.2, 0.25) is 11.8 Å². The molecule has 4 N–H and O–H groups in total. The summed E-state index contributed by atoms with van der Waals surface area (Å²) in [7, 11) is 0. The third kappa shape index (κ3) is 5.96. The van der Waals surface area contributed by atoms with Crippen molar-refractivity contribution in [1.82, 2.24) is 21.3 Å². The van der Waals surface area contributed by atoms with E-state index in [1.807, 2.05) is 6.92 Å². The number of hydrogen-bond donors (Lipinski definition) is 4. The van der Waals surface area contributed by atoms with Crippen molar-refractivity contribution in [3.05, 3.63) is 11.1 Å². The molecule has 0 aromatic carbocycles. The van der Waals surface area contributed by atoms with Crippen molar-refractivity contribution in [3.63, 3.8) is 0 Å². The van der Waals surface area contributed by atoms with E-state index in [0.29, 0.717) is 18.5 Å². The van der Waals surface area contributed by atoms with Gasteiger partial charge in [-0.15, -0.1) is 13.2 Å². The number of nitriles is 1. The Kier molecular flexibility index (Phi) is 7.24. The smallest absolute Gasteiger partial charge is 0.352 e. The normalized spacial score (nSPS) is 32.5. The topological polar surface area (TPSA) is 115 Å². The first kappa shape index (κ1) is 23.5. The Bertz CT molecular complexity index is 771. The van der Waals surface area contributed by atoms with Crippen molar-refractivity contribution in [2.75, 3.05) is 6.54 Å². The van der Waals surface area contributed by atoms with Crippen LogP contribution in [0.3, 0.4) is 0 Å². The number of ether oxygens (including phenoxy) is 1. The van der Waals surface area contributed by atoms with E-state index < -0.39 is 18.6 Å². The van der Waals surface area contributed by atoms with Gasteiger partial charge in [0.25, 0.3) is 0 Å². The molecule has 2 saturated heterocycles. The quantitative estimate of drug-likeness (QED) is 0.508. The molecule has 0 aliphatic carbocycles. The second-order valence-corrected chi connectivity index (χ2v) is 8.47. The summed E-state index contributed by atoms with van der Waals surface area (Å²) in [4.78, 5) is 25.1. The first-order valence-corrected chi connectivity index (χ1v) is 10.5. The van der Waals surface area contributed by atoms with Crippen LogP contribution in [0, 0.1) is 17.2 Å². The molecule has 0 spiro atoms. The van der Waals surface area contributed by atoms with Gasteiger partial charge in [-0.05, 0) is 45.1 Å². The van der Waals surface area contributed by atoms with E-state index in [0.717, 1.165) is 12.8 Å². The number of nitrogens with zero attached hydrogens (tertiary/aromatic N) is 1. The Balaban J connectivity index is 1.60. The van der Waals surface area contributed by atoms with Crippen molar-refractivity contribution in [1.29, 1.82) is 5.26 Å². The van der Waals surface area contributed by atoms with Gasteiger partial charge in [-0.1, -0.05) is 0 Å². The Labute approximate surface area is 178 Å². The minimum absolute atomic E-state index is 0.0287. The summed E-state index contributed by atoms with van der Waals surface area (Å²) < 4.78 is 41.8. The number of fused-ring (bicyclic) bond motifs is 1. The summed E-state index contributed by atoms with van der Waals surface area (Å²) in [6, 6.07) is 1.21. The van der Waals surface area contributed by atoms with Crippen LogP contribution in [0.4, 0.5) is 13.2 Å². The summed E-state index contributed by atoms with van der Waals surface area (Å²) in [6.07, 6.45) is -4.13. The fourth-order valence-corrected chi connectivity index (χ4v) is 4.56. The number of rotatable bonds is 5. The van der Waals surface area contributed by atoms with Gasteiger partial charge in [0.05, 0.1) is 24.4 Å². The number of hydrogen-bond acceptors (Lipinski definition) is 6. The molecule has 3 aliphatic heterocycles. The van der Waals surface area contributed by atoms with Crippen LogP contribution in [0.15, 0.2) is 11.1 Å². The van der Waals surface area contributed by atoms with Gasteiger partial charge in [-0.2, -0.15) is 5.26 Å². The van der Waals surface area contributed by atoms with Crippen molar-refractivity contribution < 1.29 is 27.5 Å². The first-order valence-electron chi connectivity index (χ1n) is 10.5. The van der Waals surface area contributed by atoms with Crippen molar-refractivity contribution >= 4 is 11.8 Å². The highest BCUT2D eigenvalue weighted by Gasteiger charge is 2.42. The van der Waals surface area contributed by atoms with E-state index in [1.54, 1.807) is 6.92 Å². The van der Waals surface area contributed by atoms with Crippen LogP contribution in [-0.4, -0.2) is 55.1 Å². The largest absolute Gasteiger partial charge is 0.524 e. The Morgan fingerprint density at radius 1 is 1.32 bits per heavy atom. The molecule has 0 saturated carbocycles. The molecule has 5 unspecified atom stereocenters. The molecule has 0 aromatic heterocycles. The lowest BCUT2D eigenvalue weighted by Crippen LogP contribution is -2.61.